The predicted octanol–water partition coefficient (Wildman–Crippen LogP) is 3.09. The fourth-order valence-corrected chi connectivity index (χ4v) is 3.88. The van der Waals surface area contributed by atoms with Gasteiger partial charge in [-0.25, -0.2) is 15.8 Å². The number of aromatic nitrogens is 2. The van der Waals surface area contributed by atoms with Crippen molar-refractivity contribution in [2.75, 3.05) is 10.7 Å². The summed E-state index contributed by atoms with van der Waals surface area (Å²) in [6.07, 6.45) is 5.12. The van der Waals surface area contributed by atoms with E-state index < -0.39 is 0 Å². The van der Waals surface area contributed by atoms with E-state index in [0.717, 1.165) is 24.2 Å². The van der Waals surface area contributed by atoms with Gasteiger partial charge in [-0.1, -0.05) is 27.7 Å². The number of hydrogen-bond acceptors (Lipinski definition) is 5. The Morgan fingerprint density at radius 2 is 1.65 bits per heavy atom. The summed E-state index contributed by atoms with van der Waals surface area (Å²) >= 11 is 0. The normalized spacial score (nSPS) is 21.5. The summed E-state index contributed by atoms with van der Waals surface area (Å²) in [6, 6.07) is 0.438. The number of nitrogen functional groups attached to an aromatic ring is 1. The van der Waals surface area contributed by atoms with E-state index in [1.807, 2.05) is 6.92 Å². The minimum Gasteiger partial charge on any atom is -0.367 e. The molecular formula is C15H27N5. The molecule has 1 aliphatic carbocycles. The van der Waals surface area contributed by atoms with Crippen molar-refractivity contribution in [3.63, 3.8) is 0 Å². The molecule has 1 aliphatic rings. The zero-order valence-corrected chi connectivity index (χ0v) is 13.2. The molecule has 0 aromatic carbocycles. The number of nitrogens with one attached hydrogen (secondary N) is 2. The van der Waals surface area contributed by atoms with Crippen LogP contribution in [0.3, 0.4) is 0 Å². The smallest absolute Gasteiger partial charge is 0.148 e. The Kier molecular flexibility index (Phi) is 3.91. The summed E-state index contributed by atoms with van der Waals surface area (Å²) in [5, 5.41) is 3.59. The van der Waals surface area contributed by atoms with Crippen molar-refractivity contribution in [1.29, 1.82) is 0 Å². The molecule has 0 bridgehead atoms. The molecule has 1 aromatic rings. The Morgan fingerprint density at radius 3 is 2.20 bits per heavy atom. The Hall–Kier alpha value is -1.36. The molecule has 0 spiro atoms. The van der Waals surface area contributed by atoms with Crippen LogP contribution in [0.25, 0.3) is 0 Å². The van der Waals surface area contributed by atoms with E-state index in [-0.39, 0.29) is 0 Å². The van der Waals surface area contributed by atoms with Crippen LogP contribution in [0, 0.1) is 17.8 Å². The van der Waals surface area contributed by atoms with Crippen LogP contribution in [-0.4, -0.2) is 16.0 Å². The maximum Gasteiger partial charge on any atom is 0.148 e. The summed E-state index contributed by atoms with van der Waals surface area (Å²) in [5.41, 5.74) is 4.30. The fourth-order valence-electron chi connectivity index (χ4n) is 3.88. The first kappa shape index (κ1) is 15.0. The monoisotopic (exact) mass is 277 g/mol. The lowest BCUT2D eigenvalue weighted by Gasteiger charge is -2.45. The van der Waals surface area contributed by atoms with Crippen LogP contribution in [0.2, 0.25) is 0 Å². The van der Waals surface area contributed by atoms with E-state index in [0.29, 0.717) is 22.7 Å². The van der Waals surface area contributed by atoms with Crippen LogP contribution in [-0.2, 0) is 0 Å². The van der Waals surface area contributed by atoms with Gasteiger partial charge in [0, 0.05) is 11.6 Å². The van der Waals surface area contributed by atoms with Gasteiger partial charge in [-0.15, -0.1) is 0 Å². The number of nitrogens with zero attached hydrogens (tertiary/aromatic N) is 2. The van der Waals surface area contributed by atoms with Crippen molar-refractivity contribution in [3.8, 4) is 0 Å². The second kappa shape index (κ2) is 5.20. The molecule has 1 fully saturated rings. The van der Waals surface area contributed by atoms with Gasteiger partial charge in [-0.05, 0) is 37.0 Å². The number of hydrazine groups is 1. The van der Waals surface area contributed by atoms with E-state index in [9.17, 15) is 0 Å². The minimum absolute atomic E-state index is 0.356. The van der Waals surface area contributed by atoms with Crippen molar-refractivity contribution in [3.05, 3.63) is 11.9 Å². The second-order valence-corrected chi connectivity index (χ2v) is 7.59. The van der Waals surface area contributed by atoms with Crippen LogP contribution in [0.4, 0.5) is 11.6 Å². The summed E-state index contributed by atoms with van der Waals surface area (Å²) in [6.45, 7) is 11.4. The van der Waals surface area contributed by atoms with Gasteiger partial charge >= 0.3 is 0 Å². The van der Waals surface area contributed by atoms with Crippen LogP contribution in [0.1, 0.15) is 52.5 Å². The van der Waals surface area contributed by atoms with E-state index in [2.05, 4.69) is 48.4 Å². The predicted molar refractivity (Wildman–Crippen MR) is 83.4 cm³/mol. The lowest BCUT2D eigenvalue weighted by atomic mass is 9.63. The number of hydrogen-bond donors (Lipinski definition) is 3. The zero-order valence-electron chi connectivity index (χ0n) is 13.2. The maximum absolute atomic E-state index is 5.47. The van der Waals surface area contributed by atoms with Crippen LogP contribution in [0.5, 0.6) is 0 Å². The van der Waals surface area contributed by atoms with Gasteiger partial charge in [0.25, 0.3) is 0 Å². The average molecular weight is 277 g/mol. The Bertz CT molecular complexity index is 465. The molecule has 0 amide bonds. The van der Waals surface area contributed by atoms with Crippen LogP contribution in [0.15, 0.2) is 6.33 Å². The maximum atomic E-state index is 5.47. The third-order valence-electron chi connectivity index (χ3n) is 4.12. The first-order valence-electron chi connectivity index (χ1n) is 7.27. The molecule has 0 radical (unpaired) electrons. The first-order chi connectivity index (χ1) is 9.22. The molecule has 0 atom stereocenters. The van der Waals surface area contributed by atoms with Gasteiger partial charge < -0.3 is 10.7 Å². The van der Waals surface area contributed by atoms with Gasteiger partial charge in [0.05, 0.1) is 0 Å². The van der Waals surface area contributed by atoms with Gasteiger partial charge in [0.2, 0.25) is 0 Å². The van der Waals surface area contributed by atoms with Crippen LogP contribution >= 0.6 is 0 Å². The van der Waals surface area contributed by atoms with E-state index >= 15 is 0 Å². The van der Waals surface area contributed by atoms with E-state index in [1.165, 1.54) is 6.42 Å². The van der Waals surface area contributed by atoms with Crippen molar-refractivity contribution < 1.29 is 0 Å². The lowest BCUT2D eigenvalue weighted by Crippen LogP contribution is -2.40. The average Bonchev–Trinajstić information content (AvgIpc) is 2.27. The highest BCUT2D eigenvalue weighted by atomic mass is 15.3. The summed E-state index contributed by atoms with van der Waals surface area (Å²) in [4.78, 5) is 8.48. The highest BCUT2D eigenvalue weighted by molar-refractivity contribution is 5.56. The topological polar surface area (TPSA) is 75.9 Å². The summed E-state index contributed by atoms with van der Waals surface area (Å²) in [7, 11) is 0. The van der Waals surface area contributed by atoms with Gasteiger partial charge in [-0.2, -0.15) is 0 Å². The van der Waals surface area contributed by atoms with Gasteiger partial charge in [0.1, 0.15) is 18.0 Å². The Labute approximate surface area is 121 Å². The number of rotatable bonds is 3. The third kappa shape index (κ3) is 3.39. The Balaban J connectivity index is 2.17. The third-order valence-corrected chi connectivity index (χ3v) is 4.12. The van der Waals surface area contributed by atoms with Crippen molar-refractivity contribution in [2.24, 2.45) is 16.7 Å². The molecule has 0 saturated heterocycles. The van der Waals surface area contributed by atoms with Gasteiger partial charge in [-0.3, -0.25) is 0 Å². The minimum atomic E-state index is 0.356. The van der Waals surface area contributed by atoms with Crippen molar-refractivity contribution >= 4 is 11.6 Å². The molecule has 1 saturated carbocycles. The molecule has 0 unspecified atom stereocenters. The molecule has 5 nitrogen and oxygen atoms in total. The molecule has 2 rings (SSSR count). The van der Waals surface area contributed by atoms with E-state index in [4.69, 9.17) is 5.84 Å². The summed E-state index contributed by atoms with van der Waals surface area (Å²) in [5.74, 6) is 7.03. The highest BCUT2D eigenvalue weighted by Crippen LogP contribution is 2.46. The molecule has 4 N–H and O–H groups in total. The lowest BCUT2D eigenvalue weighted by molar-refractivity contribution is 0.105. The van der Waals surface area contributed by atoms with Crippen molar-refractivity contribution in [2.45, 2.75) is 59.9 Å². The fraction of sp³-hybridized carbons (Fsp3) is 0.733. The van der Waals surface area contributed by atoms with Gasteiger partial charge in [0.15, 0.2) is 0 Å². The summed E-state index contributed by atoms with van der Waals surface area (Å²) < 4.78 is 0. The first-order valence-corrected chi connectivity index (χ1v) is 7.27. The second-order valence-electron chi connectivity index (χ2n) is 7.59. The van der Waals surface area contributed by atoms with Crippen LogP contribution < -0.4 is 16.6 Å². The number of nitrogens with two attached hydrogens (primary N) is 1. The Morgan fingerprint density at radius 1 is 1.10 bits per heavy atom. The molecule has 112 valence electrons. The van der Waals surface area contributed by atoms with E-state index in [1.54, 1.807) is 6.33 Å². The molecule has 0 aliphatic heterocycles. The highest BCUT2D eigenvalue weighted by Gasteiger charge is 2.38. The molecule has 1 aromatic heterocycles. The van der Waals surface area contributed by atoms with Crippen molar-refractivity contribution in [1.82, 2.24) is 9.97 Å². The zero-order chi connectivity index (χ0) is 15.0. The standard InChI is InChI=1S/C15H27N5/c1-10-12(17-9-18-13(10)20-16)19-11-6-14(2,3)8-15(4,5)7-11/h9,11H,6-8,16H2,1-5H3,(H2,17,18,19,20). The molecule has 20 heavy (non-hydrogen) atoms. The molecule has 1 heterocycles. The largest absolute Gasteiger partial charge is 0.367 e. The number of anilines is 2. The SMILES string of the molecule is Cc1c(NN)ncnc1NC1CC(C)(C)CC(C)(C)C1. The molecular weight excluding hydrogens is 250 g/mol. The quantitative estimate of drug-likeness (QED) is 0.584. The molecule has 5 heteroatoms.